The van der Waals surface area contributed by atoms with Gasteiger partial charge in [-0.3, -0.25) is 4.79 Å². The third kappa shape index (κ3) is 2.57. The summed E-state index contributed by atoms with van der Waals surface area (Å²) in [6.07, 6.45) is 8.18. The smallest absolute Gasteiger partial charge is 0.141 e. The molecule has 1 fully saturated rings. The molecule has 2 rings (SSSR count). The summed E-state index contributed by atoms with van der Waals surface area (Å²) < 4.78 is 2.02. The van der Waals surface area contributed by atoms with Crippen LogP contribution in [0.3, 0.4) is 0 Å². The van der Waals surface area contributed by atoms with Crippen molar-refractivity contribution in [3.8, 4) is 0 Å². The summed E-state index contributed by atoms with van der Waals surface area (Å²) in [7, 11) is 0. The van der Waals surface area contributed by atoms with E-state index in [0.29, 0.717) is 19.4 Å². The van der Waals surface area contributed by atoms with E-state index in [2.05, 4.69) is 11.9 Å². The predicted octanol–water partition coefficient (Wildman–Crippen LogP) is 1.53. The zero-order valence-electron chi connectivity index (χ0n) is 10.5. The molecule has 1 heterocycles. The molecular formula is C13H21N3O. The average molecular weight is 235 g/mol. The van der Waals surface area contributed by atoms with E-state index in [9.17, 15) is 4.79 Å². The minimum atomic E-state index is 0.112. The van der Waals surface area contributed by atoms with Gasteiger partial charge >= 0.3 is 0 Å². The van der Waals surface area contributed by atoms with Crippen LogP contribution in [0.1, 0.15) is 38.4 Å². The van der Waals surface area contributed by atoms with Crippen molar-refractivity contribution in [1.29, 1.82) is 0 Å². The van der Waals surface area contributed by atoms with Crippen LogP contribution in [0.2, 0.25) is 0 Å². The molecule has 0 atom stereocenters. The van der Waals surface area contributed by atoms with Gasteiger partial charge in [-0.1, -0.05) is 6.42 Å². The molecule has 1 aromatic rings. The Morgan fingerprint density at radius 1 is 1.59 bits per heavy atom. The second-order valence-corrected chi connectivity index (χ2v) is 5.08. The van der Waals surface area contributed by atoms with Crippen molar-refractivity contribution >= 4 is 5.78 Å². The maximum atomic E-state index is 12.0. The van der Waals surface area contributed by atoms with Crippen LogP contribution in [0.15, 0.2) is 12.4 Å². The highest BCUT2D eigenvalue weighted by molar-refractivity contribution is 5.81. The van der Waals surface area contributed by atoms with Crippen molar-refractivity contribution in [3.63, 3.8) is 0 Å². The van der Waals surface area contributed by atoms with Crippen LogP contribution in [-0.4, -0.2) is 21.9 Å². The quantitative estimate of drug-likeness (QED) is 0.813. The summed E-state index contributed by atoms with van der Waals surface area (Å²) in [5.74, 6) is 1.15. The van der Waals surface area contributed by atoms with E-state index in [1.807, 2.05) is 10.8 Å². The summed E-state index contributed by atoms with van der Waals surface area (Å²) in [5.41, 5.74) is 5.89. The molecule has 1 aliphatic rings. The van der Waals surface area contributed by atoms with Gasteiger partial charge in [0.2, 0.25) is 0 Å². The number of carbonyl (C=O) groups is 1. The zero-order chi connectivity index (χ0) is 12.3. The van der Waals surface area contributed by atoms with Gasteiger partial charge in [0.1, 0.15) is 11.6 Å². The summed E-state index contributed by atoms with van der Waals surface area (Å²) in [4.78, 5) is 16.3. The minimum Gasteiger partial charge on any atom is -0.335 e. The Balaban J connectivity index is 1.93. The largest absolute Gasteiger partial charge is 0.335 e. The molecule has 0 aromatic carbocycles. The van der Waals surface area contributed by atoms with Gasteiger partial charge in [-0.2, -0.15) is 0 Å². The van der Waals surface area contributed by atoms with E-state index in [0.717, 1.165) is 25.2 Å². The number of carbonyl (C=O) groups excluding carboxylic acids is 1. The van der Waals surface area contributed by atoms with E-state index in [4.69, 9.17) is 5.73 Å². The number of nitrogens with zero attached hydrogens (tertiary/aromatic N) is 2. The van der Waals surface area contributed by atoms with Gasteiger partial charge in [0, 0.05) is 25.4 Å². The lowest BCUT2D eigenvalue weighted by Crippen LogP contribution is -2.39. The SMILES string of the molecule is CCn1ccnc1CC(=O)CC1(CN)CCC1. The van der Waals surface area contributed by atoms with Crippen molar-refractivity contribution in [2.45, 2.75) is 45.6 Å². The van der Waals surface area contributed by atoms with Gasteiger partial charge in [-0.25, -0.2) is 4.98 Å². The molecule has 94 valence electrons. The molecule has 0 bridgehead atoms. The van der Waals surface area contributed by atoms with E-state index in [1.165, 1.54) is 6.42 Å². The standard InChI is InChI=1S/C13H21N3O/c1-2-16-7-6-15-12(16)8-11(17)9-13(10-14)4-3-5-13/h6-7H,2-5,8-10,14H2,1H3. The number of aromatic nitrogens is 2. The van der Waals surface area contributed by atoms with Crippen molar-refractivity contribution in [2.75, 3.05) is 6.54 Å². The predicted molar refractivity (Wildman–Crippen MR) is 66.6 cm³/mol. The van der Waals surface area contributed by atoms with Gasteiger partial charge in [0.15, 0.2) is 0 Å². The van der Waals surface area contributed by atoms with Gasteiger partial charge in [0.05, 0.1) is 6.42 Å². The molecule has 0 amide bonds. The summed E-state index contributed by atoms with van der Waals surface area (Å²) in [6.45, 7) is 3.56. The minimum absolute atomic E-state index is 0.112. The van der Waals surface area contributed by atoms with Crippen LogP contribution in [0.4, 0.5) is 0 Å². The summed E-state index contributed by atoms with van der Waals surface area (Å²) in [6, 6.07) is 0. The first-order valence-electron chi connectivity index (χ1n) is 6.41. The third-order valence-electron chi connectivity index (χ3n) is 3.92. The molecule has 1 aliphatic carbocycles. The number of imidazole rings is 1. The molecule has 4 heteroatoms. The zero-order valence-corrected chi connectivity index (χ0v) is 10.5. The first kappa shape index (κ1) is 12.3. The summed E-state index contributed by atoms with van der Waals surface area (Å²) >= 11 is 0. The van der Waals surface area contributed by atoms with Crippen molar-refractivity contribution < 1.29 is 4.79 Å². The molecule has 17 heavy (non-hydrogen) atoms. The van der Waals surface area contributed by atoms with Crippen molar-refractivity contribution in [1.82, 2.24) is 9.55 Å². The second kappa shape index (κ2) is 5.00. The maximum absolute atomic E-state index is 12.0. The number of ketones is 1. The van der Waals surface area contributed by atoms with E-state index in [-0.39, 0.29) is 11.2 Å². The molecular weight excluding hydrogens is 214 g/mol. The lowest BCUT2D eigenvalue weighted by Gasteiger charge is -2.40. The molecule has 4 nitrogen and oxygen atoms in total. The van der Waals surface area contributed by atoms with E-state index < -0.39 is 0 Å². The fourth-order valence-corrected chi connectivity index (χ4v) is 2.58. The number of hydrogen-bond acceptors (Lipinski definition) is 3. The van der Waals surface area contributed by atoms with Crippen LogP contribution in [0.5, 0.6) is 0 Å². The van der Waals surface area contributed by atoms with Gasteiger partial charge < -0.3 is 10.3 Å². The number of aryl methyl sites for hydroxylation is 1. The molecule has 0 radical (unpaired) electrons. The summed E-state index contributed by atoms with van der Waals surface area (Å²) in [5, 5.41) is 0. The van der Waals surface area contributed by atoms with E-state index >= 15 is 0 Å². The lowest BCUT2D eigenvalue weighted by atomic mass is 9.66. The lowest BCUT2D eigenvalue weighted by molar-refractivity contribution is -0.122. The Labute approximate surface area is 102 Å². The molecule has 0 saturated heterocycles. The molecule has 1 saturated carbocycles. The first-order valence-corrected chi connectivity index (χ1v) is 6.41. The Kier molecular flexibility index (Phi) is 3.62. The second-order valence-electron chi connectivity index (χ2n) is 5.08. The maximum Gasteiger partial charge on any atom is 0.141 e. The van der Waals surface area contributed by atoms with Crippen LogP contribution >= 0.6 is 0 Å². The number of hydrogen-bond donors (Lipinski definition) is 1. The Hall–Kier alpha value is -1.16. The van der Waals surface area contributed by atoms with Crippen molar-refractivity contribution in [3.05, 3.63) is 18.2 Å². The highest BCUT2D eigenvalue weighted by Crippen LogP contribution is 2.43. The van der Waals surface area contributed by atoms with Gasteiger partial charge in [-0.05, 0) is 31.7 Å². The van der Waals surface area contributed by atoms with Gasteiger partial charge in [0.25, 0.3) is 0 Å². The van der Waals surface area contributed by atoms with Crippen LogP contribution < -0.4 is 5.73 Å². The number of Topliss-reactive ketones (excluding diaryl/α,β-unsaturated/α-hetero) is 1. The topological polar surface area (TPSA) is 60.9 Å². The Morgan fingerprint density at radius 2 is 2.35 bits per heavy atom. The molecule has 1 aromatic heterocycles. The van der Waals surface area contributed by atoms with Crippen LogP contribution in [0, 0.1) is 5.41 Å². The van der Waals surface area contributed by atoms with Gasteiger partial charge in [-0.15, -0.1) is 0 Å². The number of rotatable bonds is 6. The monoisotopic (exact) mass is 235 g/mol. The fraction of sp³-hybridized carbons (Fsp3) is 0.692. The first-order chi connectivity index (χ1) is 8.19. The third-order valence-corrected chi connectivity index (χ3v) is 3.92. The molecule has 2 N–H and O–H groups in total. The molecule has 0 spiro atoms. The molecule has 0 unspecified atom stereocenters. The Bertz CT molecular complexity index is 388. The fourth-order valence-electron chi connectivity index (χ4n) is 2.58. The van der Waals surface area contributed by atoms with Crippen LogP contribution in [0.25, 0.3) is 0 Å². The normalized spacial score (nSPS) is 17.8. The number of nitrogens with two attached hydrogens (primary N) is 1. The van der Waals surface area contributed by atoms with Crippen LogP contribution in [-0.2, 0) is 17.8 Å². The van der Waals surface area contributed by atoms with Crippen molar-refractivity contribution in [2.24, 2.45) is 11.1 Å². The highest BCUT2D eigenvalue weighted by atomic mass is 16.1. The van der Waals surface area contributed by atoms with E-state index in [1.54, 1.807) is 6.20 Å². The Morgan fingerprint density at radius 3 is 2.88 bits per heavy atom. The molecule has 0 aliphatic heterocycles. The average Bonchev–Trinajstić information content (AvgIpc) is 2.70. The highest BCUT2D eigenvalue weighted by Gasteiger charge is 2.37.